The van der Waals surface area contributed by atoms with E-state index in [2.05, 4.69) is 26.9 Å². The predicted octanol–water partition coefficient (Wildman–Crippen LogP) is 1.57. The summed E-state index contributed by atoms with van der Waals surface area (Å²) in [5.41, 5.74) is 0.884. The first kappa shape index (κ1) is 10.5. The summed E-state index contributed by atoms with van der Waals surface area (Å²) in [7, 11) is 2.05. The third-order valence-electron chi connectivity index (χ3n) is 3.20. The van der Waals surface area contributed by atoms with Gasteiger partial charge in [-0.3, -0.25) is 0 Å². The Balaban J connectivity index is 1.84. The first-order valence-electron chi connectivity index (χ1n) is 5.95. The first-order chi connectivity index (χ1) is 8.34. The highest BCUT2D eigenvalue weighted by atomic mass is 16.5. The van der Waals surface area contributed by atoms with Gasteiger partial charge in [-0.1, -0.05) is 0 Å². The number of nitrogens with one attached hydrogen (secondary N) is 1. The highest BCUT2D eigenvalue weighted by Crippen LogP contribution is 2.22. The fourth-order valence-electron chi connectivity index (χ4n) is 2.34. The van der Waals surface area contributed by atoms with Crippen LogP contribution in [-0.2, 0) is 4.74 Å². The monoisotopic (exact) mass is 232 g/mol. The van der Waals surface area contributed by atoms with E-state index in [4.69, 9.17) is 4.74 Å². The normalized spacial score (nSPS) is 19.9. The van der Waals surface area contributed by atoms with Crippen molar-refractivity contribution in [1.29, 1.82) is 0 Å². The van der Waals surface area contributed by atoms with Gasteiger partial charge in [-0.25, -0.2) is 9.97 Å². The van der Waals surface area contributed by atoms with Crippen molar-refractivity contribution >= 4 is 16.9 Å². The molecule has 0 amide bonds. The zero-order valence-corrected chi connectivity index (χ0v) is 9.89. The van der Waals surface area contributed by atoms with E-state index in [0.29, 0.717) is 6.10 Å². The van der Waals surface area contributed by atoms with Gasteiger partial charge in [-0.05, 0) is 18.9 Å². The van der Waals surface area contributed by atoms with E-state index in [1.807, 2.05) is 12.3 Å². The quantitative estimate of drug-likeness (QED) is 0.872. The van der Waals surface area contributed by atoms with Crippen LogP contribution in [0.4, 0.5) is 5.82 Å². The van der Waals surface area contributed by atoms with Gasteiger partial charge in [-0.15, -0.1) is 0 Å². The first-order valence-corrected chi connectivity index (χ1v) is 5.95. The molecule has 1 aliphatic heterocycles. The molecule has 1 atom stereocenters. The van der Waals surface area contributed by atoms with E-state index < -0.39 is 0 Å². The highest BCUT2D eigenvalue weighted by molar-refractivity contribution is 5.87. The van der Waals surface area contributed by atoms with Crippen LogP contribution in [0.15, 0.2) is 18.6 Å². The molecule has 0 aromatic carbocycles. The summed E-state index contributed by atoms with van der Waals surface area (Å²) in [6.07, 6.45) is 6.14. The fourth-order valence-corrected chi connectivity index (χ4v) is 2.34. The summed E-state index contributed by atoms with van der Waals surface area (Å²) in [4.78, 5) is 13.8. The minimum absolute atomic E-state index is 0.337. The Bertz CT molecular complexity index is 504. The number of anilines is 1. The number of H-pyrrole nitrogens is 1. The Labute approximate surface area is 99.8 Å². The molecular formula is C12H16N4O. The summed E-state index contributed by atoms with van der Waals surface area (Å²) in [6, 6.07) is 2.01. The van der Waals surface area contributed by atoms with Crippen molar-refractivity contribution in [2.45, 2.75) is 18.9 Å². The van der Waals surface area contributed by atoms with E-state index in [0.717, 1.165) is 36.4 Å². The number of hydrogen-bond donors (Lipinski definition) is 1. The standard InChI is InChI=1S/C12H16N4O/c1-16(7-9-3-2-6-17-9)12-10-4-5-13-11(10)14-8-15-12/h4-5,8-9H,2-3,6-7H2,1H3,(H,13,14,15). The van der Waals surface area contributed by atoms with Crippen LogP contribution in [0, 0.1) is 0 Å². The Hall–Kier alpha value is -1.62. The number of aromatic nitrogens is 3. The largest absolute Gasteiger partial charge is 0.376 e. The second-order valence-corrected chi connectivity index (χ2v) is 4.45. The molecule has 2 aromatic rings. The van der Waals surface area contributed by atoms with Gasteiger partial charge in [0.05, 0.1) is 11.5 Å². The van der Waals surface area contributed by atoms with Gasteiger partial charge in [0, 0.05) is 26.4 Å². The zero-order chi connectivity index (χ0) is 11.7. The molecule has 90 valence electrons. The molecule has 0 spiro atoms. The molecule has 3 heterocycles. The number of fused-ring (bicyclic) bond motifs is 1. The number of nitrogens with zero attached hydrogens (tertiary/aromatic N) is 3. The Morgan fingerprint density at radius 2 is 2.47 bits per heavy atom. The number of ether oxygens (including phenoxy) is 1. The van der Waals surface area contributed by atoms with Crippen molar-refractivity contribution in [3.63, 3.8) is 0 Å². The van der Waals surface area contributed by atoms with Gasteiger partial charge in [-0.2, -0.15) is 0 Å². The van der Waals surface area contributed by atoms with Gasteiger partial charge in [0.15, 0.2) is 0 Å². The van der Waals surface area contributed by atoms with Gasteiger partial charge >= 0.3 is 0 Å². The van der Waals surface area contributed by atoms with Crippen molar-refractivity contribution in [3.05, 3.63) is 18.6 Å². The van der Waals surface area contributed by atoms with Gasteiger partial charge < -0.3 is 14.6 Å². The SMILES string of the molecule is CN(CC1CCCO1)c1ncnc2[nH]ccc12. The van der Waals surface area contributed by atoms with Crippen molar-refractivity contribution < 1.29 is 4.74 Å². The van der Waals surface area contributed by atoms with Crippen LogP contribution in [0.5, 0.6) is 0 Å². The summed E-state index contributed by atoms with van der Waals surface area (Å²) in [6.45, 7) is 1.78. The molecule has 3 rings (SSSR count). The molecule has 17 heavy (non-hydrogen) atoms. The van der Waals surface area contributed by atoms with Crippen LogP contribution < -0.4 is 4.90 Å². The minimum Gasteiger partial charge on any atom is -0.376 e. The van der Waals surface area contributed by atoms with Crippen molar-refractivity contribution in [2.24, 2.45) is 0 Å². The molecule has 1 aliphatic rings. The number of aromatic amines is 1. The Kier molecular flexibility index (Phi) is 2.68. The molecule has 0 radical (unpaired) electrons. The lowest BCUT2D eigenvalue weighted by atomic mass is 10.2. The molecule has 1 unspecified atom stereocenters. The van der Waals surface area contributed by atoms with Gasteiger partial charge in [0.2, 0.25) is 0 Å². The van der Waals surface area contributed by atoms with Crippen LogP contribution in [-0.4, -0.2) is 41.3 Å². The molecular weight excluding hydrogens is 216 g/mol. The molecule has 1 N–H and O–H groups in total. The third-order valence-corrected chi connectivity index (χ3v) is 3.20. The fraction of sp³-hybridized carbons (Fsp3) is 0.500. The van der Waals surface area contributed by atoms with Crippen molar-refractivity contribution in [2.75, 3.05) is 25.1 Å². The van der Waals surface area contributed by atoms with Gasteiger partial charge in [0.1, 0.15) is 17.8 Å². The summed E-state index contributed by atoms with van der Waals surface area (Å²) >= 11 is 0. The summed E-state index contributed by atoms with van der Waals surface area (Å²) in [5, 5.41) is 1.06. The van der Waals surface area contributed by atoms with Crippen LogP contribution in [0.2, 0.25) is 0 Å². The number of hydrogen-bond acceptors (Lipinski definition) is 4. The lowest BCUT2D eigenvalue weighted by Gasteiger charge is -2.22. The average Bonchev–Trinajstić information content (AvgIpc) is 2.97. The molecule has 0 aliphatic carbocycles. The topological polar surface area (TPSA) is 54.0 Å². The van der Waals surface area contributed by atoms with E-state index in [-0.39, 0.29) is 0 Å². The second kappa shape index (κ2) is 4.33. The number of rotatable bonds is 3. The molecule has 1 saturated heterocycles. The van der Waals surface area contributed by atoms with Crippen molar-refractivity contribution in [3.8, 4) is 0 Å². The molecule has 5 heteroatoms. The van der Waals surface area contributed by atoms with E-state index in [1.165, 1.54) is 6.42 Å². The maximum absolute atomic E-state index is 5.65. The molecule has 1 fully saturated rings. The van der Waals surface area contributed by atoms with Crippen LogP contribution in [0.1, 0.15) is 12.8 Å². The molecule has 5 nitrogen and oxygen atoms in total. The van der Waals surface area contributed by atoms with E-state index in [9.17, 15) is 0 Å². The highest BCUT2D eigenvalue weighted by Gasteiger charge is 2.19. The lowest BCUT2D eigenvalue weighted by Crippen LogP contribution is -2.29. The zero-order valence-electron chi connectivity index (χ0n) is 9.89. The predicted molar refractivity (Wildman–Crippen MR) is 66.1 cm³/mol. The maximum Gasteiger partial charge on any atom is 0.142 e. The molecule has 0 bridgehead atoms. The third kappa shape index (κ3) is 1.98. The summed E-state index contributed by atoms with van der Waals surface area (Å²) < 4.78 is 5.65. The van der Waals surface area contributed by atoms with Crippen LogP contribution in [0.3, 0.4) is 0 Å². The Morgan fingerprint density at radius 1 is 1.53 bits per heavy atom. The minimum atomic E-state index is 0.337. The summed E-state index contributed by atoms with van der Waals surface area (Å²) in [5.74, 6) is 0.965. The maximum atomic E-state index is 5.65. The van der Waals surface area contributed by atoms with Crippen molar-refractivity contribution in [1.82, 2.24) is 15.0 Å². The van der Waals surface area contributed by atoms with Gasteiger partial charge in [0.25, 0.3) is 0 Å². The van der Waals surface area contributed by atoms with E-state index in [1.54, 1.807) is 6.33 Å². The average molecular weight is 232 g/mol. The molecule has 2 aromatic heterocycles. The van der Waals surface area contributed by atoms with E-state index >= 15 is 0 Å². The number of likely N-dealkylation sites (N-methyl/N-ethyl adjacent to an activating group) is 1. The smallest absolute Gasteiger partial charge is 0.142 e. The van der Waals surface area contributed by atoms with Crippen LogP contribution in [0.25, 0.3) is 11.0 Å². The second-order valence-electron chi connectivity index (χ2n) is 4.45. The lowest BCUT2D eigenvalue weighted by molar-refractivity contribution is 0.116. The van der Waals surface area contributed by atoms with Crippen LogP contribution >= 0.6 is 0 Å². The molecule has 0 saturated carbocycles. The Morgan fingerprint density at radius 3 is 3.29 bits per heavy atom.